The van der Waals surface area contributed by atoms with Crippen molar-refractivity contribution in [2.75, 3.05) is 5.17 Å². The van der Waals surface area contributed by atoms with Gasteiger partial charge in [-0.15, -0.1) is 0 Å². The van der Waals surface area contributed by atoms with Crippen molar-refractivity contribution >= 4 is 16.8 Å². The fourth-order valence-electron chi connectivity index (χ4n) is 2.50. The van der Waals surface area contributed by atoms with Gasteiger partial charge in [0, 0.05) is 11.6 Å². The minimum absolute atomic E-state index is 0.0704. The van der Waals surface area contributed by atoms with Crippen molar-refractivity contribution in [1.82, 2.24) is 15.4 Å². The quantitative estimate of drug-likeness (QED) is 0.640. The summed E-state index contributed by atoms with van der Waals surface area (Å²) in [6.45, 7) is 9.66. The van der Waals surface area contributed by atoms with Crippen LogP contribution in [0.15, 0.2) is 30.6 Å². The molecule has 0 aliphatic heterocycles. The summed E-state index contributed by atoms with van der Waals surface area (Å²) in [5, 5.41) is 20.4. The lowest BCUT2D eigenvalue weighted by molar-refractivity contribution is 0.199. The Morgan fingerprint density at radius 3 is 2.40 bits per heavy atom. The topological polar surface area (TPSA) is 85.1 Å². The third kappa shape index (κ3) is 4.41. The number of rotatable bonds is 5. The van der Waals surface area contributed by atoms with E-state index >= 15 is 0 Å². The van der Waals surface area contributed by atoms with Crippen LogP contribution in [0.5, 0.6) is 0 Å². The number of benzene rings is 1. The first kappa shape index (κ1) is 18.6. The monoisotopic (exact) mass is 337 g/mol. The number of aryl methyl sites for hydroxylation is 2. The first-order chi connectivity index (χ1) is 11.8. The molecular formula is C19H23N5O. The Labute approximate surface area is 148 Å². The summed E-state index contributed by atoms with van der Waals surface area (Å²) >= 11 is 0. The Morgan fingerprint density at radius 2 is 1.88 bits per heavy atom. The summed E-state index contributed by atoms with van der Waals surface area (Å²) in [5.74, 6) is 0.457. The van der Waals surface area contributed by atoms with Gasteiger partial charge in [0.15, 0.2) is 5.82 Å². The van der Waals surface area contributed by atoms with Gasteiger partial charge in [0.05, 0.1) is 18.0 Å². The molecule has 2 N–H and O–H groups in total. The van der Waals surface area contributed by atoms with Crippen LogP contribution in [0.4, 0.5) is 5.69 Å². The molecule has 0 spiro atoms. The van der Waals surface area contributed by atoms with E-state index in [1.807, 2.05) is 52.8 Å². The van der Waals surface area contributed by atoms with E-state index in [2.05, 4.69) is 21.5 Å². The summed E-state index contributed by atoms with van der Waals surface area (Å²) in [7, 11) is 0. The molecule has 2 rings (SSSR count). The van der Waals surface area contributed by atoms with Crippen molar-refractivity contribution in [3.63, 3.8) is 0 Å². The molecule has 2 aromatic rings. The van der Waals surface area contributed by atoms with E-state index in [4.69, 9.17) is 0 Å². The van der Waals surface area contributed by atoms with Crippen molar-refractivity contribution in [1.29, 1.82) is 5.26 Å². The molecule has 0 bridgehead atoms. The highest BCUT2D eigenvalue weighted by atomic mass is 16.5. The predicted molar refractivity (Wildman–Crippen MR) is 98.6 cm³/mol. The normalized spacial score (nSPS) is 11.9. The number of hydrazine groups is 1. The highest BCUT2D eigenvalue weighted by Crippen LogP contribution is 2.27. The fourth-order valence-corrected chi connectivity index (χ4v) is 2.50. The van der Waals surface area contributed by atoms with Crippen LogP contribution in [0, 0.1) is 25.2 Å². The molecule has 0 saturated heterocycles. The van der Waals surface area contributed by atoms with Crippen LogP contribution < -0.4 is 10.6 Å². The molecular weight excluding hydrogens is 314 g/mol. The van der Waals surface area contributed by atoms with Crippen LogP contribution in [-0.2, 0) is 0 Å². The Hall–Kier alpha value is -2.75. The zero-order valence-corrected chi connectivity index (χ0v) is 15.2. The molecule has 0 aliphatic carbocycles. The molecule has 1 aromatic heterocycles. The average molecular weight is 337 g/mol. The Morgan fingerprint density at radius 1 is 1.24 bits per heavy atom. The van der Waals surface area contributed by atoms with Gasteiger partial charge in [0.1, 0.15) is 11.8 Å². The minimum Gasteiger partial charge on any atom is -0.273 e. The summed E-state index contributed by atoms with van der Waals surface area (Å²) < 4.78 is 0. The number of allylic oxidation sites excluding steroid dienone is 2. The largest absolute Gasteiger partial charge is 0.273 e. The van der Waals surface area contributed by atoms with E-state index in [9.17, 15) is 10.5 Å². The van der Waals surface area contributed by atoms with Gasteiger partial charge in [-0.1, -0.05) is 23.8 Å². The number of hydrogen-bond acceptors (Lipinski definition) is 6. The fraction of sp³-hybridized carbons (Fsp3) is 0.316. The molecule has 0 amide bonds. The molecule has 6 heteroatoms. The van der Waals surface area contributed by atoms with Crippen LogP contribution in [0.3, 0.4) is 0 Å². The third-order valence-electron chi connectivity index (χ3n) is 3.74. The van der Waals surface area contributed by atoms with Gasteiger partial charge in [0.2, 0.25) is 0 Å². The lowest BCUT2D eigenvalue weighted by Gasteiger charge is -2.19. The zero-order valence-electron chi connectivity index (χ0n) is 15.2. The van der Waals surface area contributed by atoms with Crippen LogP contribution >= 0.6 is 0 Å². The summed E-state index contributed by atoms with van der Waals surface area (Å²) in [4.78, 5) is 8.57. The number of nitrogens with zero attached hydrogens (tertiary/aromatic N) is 4. The molecule has 0 saturated carbocycles. The standard InChI is InChI=1S/C19H23N5O/c1-12(2)23-24(25)16-10-21-19(22-11-16)15(5)18(9-20)17-7-6-13(3)8-14(17)4/h6-8,10-12,23,25H,1-5H3/b18-15+. The van der Waals surface area contributed by atoms with Crippen molar-refractivity contribution < 1.29 is 5.21 Å². The van der Waals surface area contributed by atoms with E-state index < -0.39 is 0 Å². The molecule has 25 heavy (non-hydrogen) atoms. The number of nitrogens with one attached hydrogen (secondary N) is 1. The van der Waals surface area contributed by atoms with E-state index in [-0.39, 0.29) is 6.04 Å². The van der Waals surface area contributed by atoms with Crippen molar-refractivity contribution in [3.8, 4) is 6.07 Å². The van der Waals surface area contributed by atoms with Crippen molar-refractivity contribution in [2.24, 2.45) is 0 Å². The van der Waals surface area contributed by atoms with Gasteiger partial charge in [0.25, 0.3) is 0 Å². The maximum absolute atomic E-state index is 9.89. The highest BCUT2D eigenvalue weighted by molar-refractivity contribution is 5.96. The summed E-state index contributed by atoms with van der Waals surface area (Å²) in [6.07, 6.45) is 3.02. The molecule has 0 aliphatic rings. The van der Waals surface area contributed by atoms with Crippen LogP contribution in [0.1, 0.15) is 43.3 Å². The van der Waals surface area contributed by atoms with Gasteiger partial charge in [-0.05, 0) is 45.7 Å². The molecule has 1 heterocycles. The van der Waals surface area contributed by atoms with Gasteiger partial charge in [-0.25, -0.2) is 15.4 Å². The van der Waals surface area contributed by atoms with Crippen molar-refractivity contribution in [3.05, 3.63) is 53.1 Å². The molecule has 1 aromatic carbocycles. The molecule has 0 unspecified atom stereocenters. The highest BCUT2D eigenvalue weighted by Gasteiger charge is 2.13. The first-order valence-corrected chi connectivity index (χ1v) is 8.09. The second-order valence-corrected chi connectivity index (χ2v) is 6.29. The van der Waals surface area contributed by atoms with Gasteiger partial charge in [-0.2, -0.15) is 10.4 Å². The van der Waals surface area contributed by atoms with Gasteiger partial charge >= 0.3 is 0 Å². The molecule has 0 fully saturated rings. The van der Waals surface area contributed by atoms with Gasteiger partial charge < -0.3 is 0 Å². The molecule has 0 radical (unpaired) electrons. The van der Waals surface area contributed by atoms with Crippen LogP contribution in [0.25, 0.3) is 11.1 Å². The minimum atomic E-state index is 0.0704. The molecule has 130 valence electrons. The second kappa shape index (κ2) is 7.88. The number of nitriles is 1. The zero-order chi connectivity index (χ0) is 18.6. The Kier molecular flexibility index (Phi) is 5.86. The third-order valence-corrected chi connectivity index (χ3v) is 3.74. The first-order valence-electron chi connectivity index (χ1n) is 8.09. The summed E-state index contributed by atoms with van der Waals surface area (Å²) in [5.41, 5.74) is 7.56. The Bertz CT molecular complexity index is 819. The van der Waals surface area contributed by atoms with E-state index in [0.717, 1.165) is 21.9 Å². The molecule has 6 nitrogen and oxygen atoms in total. The number of anilines is 1. The van der Waals surface area contributed by atoms with Crippen LogP contribution in [-0.4, -0.2) is 21.2 Å². The van der Waals surface area contributed by atoms with Gasteiger partial charge in [-0.3, -0.25) is 5.21 Å². The lowest BCUT2D eigenvalue weighted by Crippen LogP contribution is -2.40. The van der Waals surface area contributed by atoms with Crippen LogP contribution in [0.2, 0.25) is 0 Å². The summed E-state index contributed by atoms with van der Waals surface area (Å²) in [6, 6.07) is 8.32. The van der Waals surface area contributed by atoms with Crippen molar-refractivity contribution in [2.45, 2.75) is 40.7 Å². The van der Waals surface area contributed by atoms with E-state index in [0.29, 0.717) is 22.7 Å². The molecule has 0 atom stereocenters. The maximum Gasteiger partial charge on any atom is 0.156 e. The maximum atomic E-state index is 9.89. The number of aromatic nitrogens is 2. The van der Waals surface area contributed by atoms with E-state index in [1.54, 1.807) is 0 Å². The lowest BCUT2D eigenvalue weighted by atomic mass is 9.96. The smallest absolute Gasteiger partial charge is 0.156 e. The Balaban J connectivity index is 2.38. The predicted octanol–water partition coefficient (Wildman–Crippen LogP) is 3.66. The average Bonchev–Trinajstić information content (AvgIpc) is 2.56. The second-order valence-electron chi connectivity index (χ2n) is 6.29. The van der Waals surface area contributed by atoms with E-state index in [1.165, 1.54) is 12.4 Å². The number of hydrogen-bond donors (Lipinski definition) is 2. The SMILES string of the molecule is C/C(=C(/C#N)c1ccc(C)cc1C)c1ncc(N(O)NC(C)C)cn1.